The Balaban J connectivity index is 2.10. The molecule has 2 heterocycles. The van der Waals surface area contributed by atoms with Gasteiger partial charge >= 0.3 is 5.97 Å². The molecule has 7 nitrogen and oxygen atoms in total. The molecule has 0 atom stereocenters. The Labute approximate surface area is 186 Å². The lowest BCUT2D eigenvalue weighted by Crippen LogP contribution is -2.39. The molecule has 1 saturated heterocycles. The quantitative estimate of drug-likeness (QED) is 0.568. The van der Waals surface area contributed by atoms with Crippen LogP contribution in [0.25, 0.3) is 12.2 Å². The number of nitrogens with zero attached hydrogens (tertiary/aromatic N) is 2. The third-order valence-electron chi connectivity index (χ3n) is 4.69. The molecule has 160 valence electrons. The van der Waals surface area contributed by atoms with E-state index in [0.717, 1.165) is 28.7 Å². The highest BCUT2D eigenvalue weighted by atomic mass is 79.9. The highest BCUT2D eigenvalue weighted by molar-refractivity contribution is 9.10. The number of amides is 1. The smallest absolute Gasteiger partial charge is 0.333 e. The lowest BCUT2D eigenvalue weighted by Gasteiger charge is -2.15. The summed E-state index contributed by atoms with van der Waals surface area (Å²) in [7, 11) is 1.56. The number of rotatable bonds is 6. The molecule has 2 aromatic rings. The normalized spacial score (nSPS) is 15.0. The molecule has 0 saturated carbocycles. The zero-order valence-electron chi connectivity index (χ0n) is 16.9. The summed E-state index contributed by atoms with van der Waals surface area (Å²) >= 11 is 4.57. The molecule has 1 fully saturated rings. The van der Waals surface area contributed by atoms with Crippen LogP contribution in [-0.4, -0.2) is 48.1 Å². The maximum Gasteiger partial charge on any atom is 0.333 e. The van der Waals surface area contributed by atoms with Crippen LogP contribution in [0.15, 0.2) is 27.5 Å². The molecule has 0 spiro atoms. The Morgan fingerprint density at radius 1 is 1.27 bits per heavy atom. The molecule has 1 aliphatic heterocycles. The molecule has 9 heteroatoms. The van der Waals surface area contributed by atoms with Gasteiger partial charge in [-0.25, -0.2) is 4.79 Å². The summed E-state index contributed by atoms with van der Waals surface area (Å²) in [6.07, 6.45) is 4.90. The fourth-order valence-corrected chi connectivity index (χ4v) is 4.64. The number of hydrogen-bond donors (Lipinski definition) is 0. The van der Waals surface area contributed by atoms with E-state index in [-0.39, 0.29) is 24.6 Å². The summed E-state index contributed by atoms with van der Waals surface area (Å²) in [6.45, 7) is 3.23. The number of esters is 1. The summed E-state index contributed by atoms with van der Waals surface area (Å²) in [6, 6.07) is 5.48. The van der Waals surface area contributed by atoms with Crippen LogP contribution in [0.3, 0.4) is 0 Å². The van der Waals surface area contributed by atoms with Gasteiger partial charge in [0.2, 0.25) is 5.91 Å². The van der Waals surface area contributed by atoms with Crippen LogP contribution in [0.5, 0.6) is 5.75 Å². The van der Waals surface area contributed by atoms with Gasteiger partial charge in [0.1, 0.15) is 17.0 Å². The molecule has 1 amide bonds. The van der Waals surface area contributed by atoms with Gasteiger partial charge in [0.15, 0.2) is 0 Å². The van der Waals surface area contributed by atoms with Crippen molar-refractivity contribution in [2.45, 2.75) is 26.3 Å². The highest BCUT2D eigenvalue weighted by Crippen LogP contribution is 2.23. The Morgan fingerprint density at radius 3 is 2.67 bits per heavy atom. The van der Waals surface area contributed by atoms with Gasteiger partial charge in [-0.05, 0) is 44.0 Å². The van der Waals surface area contributed by atoms with Crippen LogP contribution in [0.1, 0.15) is 25.3 Å². The first-order valence-corrected chi connectivity index (χ1v) is 11.2. The molecule has 1 aliphatic rings. The van der Waals surface area contributed by atoms with Crippen molar-refractivity contribution in [2.75, 3.05) is 26.8 Å². The summed E-state index contributed by atoms with van der Waals surface area (Å²) in [5.41, 5.74) is 0.385. The summed E-state index contributed by atoms with van der Waals surface area (Å²) in [4.78, 5) is 39.5. The van der Waals surface area contributed by atoms with Crippen molar-refractivity contribution < 1.29 is 19.1 Å². The molecular formula is C21H23BrN2O5S. The van der Waals surface area contributed by atoms with Gasteiger partial charge in [-0.2, -0.15) is 0 Å². The van der Waals surface area contributed by atoms with Crippen molar-refractivity contribution in [2.24, 2.45) is 0 Å². The minimum atomic E-state index is -0.548. The number of halogens is 1. The number of thiazole rings is 1. The largest absolute Gasteiger partial charge is 0.496 e. The molecule has 0 bridgehead atoms. The maximum atomic E-state index is 13.1. The number of hydrogen-bond acceptors (Lipinski definition) is 6. The van der Waals surface area contributed by atoms with Gasteiger partial charge in [0.25, 0.3) is 5.56 Å². The number of ether oxygens (including phenoxy) is 2. The van der Waals surface area contributed by atoms with Crippen LogP contribution < -0.4 is 19.5 Å². The minimum absolute atomic E-state index is 0.107. The Hall–Kier alpha value is -2.39. The van der Waals surface area contributed by atoms with E-state index in [9.17, 15) is 14.4 Å². The SMILES string of the molecule is CCOC(=O)C=c1sc(=Cc2cc(Br)ccc2OC)c(=O)n1CC(=O)N1CCCC1. The van der Waals surface area contributed by atoms with Crippen molar-refractivity contribution in [3.63, 3.8) is 0 Å². The van der Waals surface area contributed by atoms with Gasteiger partial charge in [0, 0.05) is 23.1 Å². The predicted molar refractivity (Wildman–Crippen MR) is 119 cm³/mol. The number of methoxy groups -OCH3 is 1. The van der Waals surface area contributed by atoms with E-state index in [2.05, 4.69) is 15.9 Å². The molecule has 30 heavy (non-hydrogen) atoms. The van der Waals surface area contributed by atoms with Crippen molar-refractivity contribution in [3.05, 3.63) is 47.8 Å². The van der Waals surface area contributed by atoms with E-state index >= 15 is 0 Å². The monoisotopic (exact) mass is 494 g/mol. The van der Waals surface area contributed by atoms with Gasteiger partial charge in [-0.1, -0.05) is 15.9 Å². The fourth-order valence-electron chi connectivity index (χ4n) is 3.24. The van der Waals surface area contributed by atoms with E-state index in [0.29, 0.717) is 33.6 Å². The van der Waals surface area contributed by atoms with Crippen LogP contribution in [0.4, 0.5) is 0 Å². The van der Waals surface area contributed by atoms with Crippen LogP contribution in [-0.2, 0) is 20.9 Å². The average molecular weight is 495 g/mol. The zero-order valence-corrected chi connectivity index (χ0v) is 19.3. The Morgan fingerprint density at radius 2 is 2.00 bits per heavy atom. The molecule has 0 aliphatic carbocycles. The number of carbonyl (C=O) groups is 2. The first-order chi connectivity index (χ1) is 14.4. The van der Waals surface area contributed by atoms with E-state index < -0.39 is 5.97 Å². The molecular weight excluding hydrogens is 472 g/mol. The second-order valence-electron chi connectivity index (χ2n) is 6.71. The van der Waals surface area contributed by atoms with E-state index in [1.54, 1.807) is 31.1 Å². The van der Waals surface area contributed by atoms with Crippen LogP contribution >= 0.6 is 27.3 Å². The summed E-state index contributed by atoms with van der Waals surface area (Å²) in [5.74, 6) is -0.0631. The zero-order chi connectivity index (χ0) is 21.7. The van der Waals surface area contributed by atoms with Gasteiger partial charge < -0.3 is 14.4 Å². The molecule has 0 N–H and O–H groups in total. The van der Waals surface area contributed by atoms with Gasteiger partial charge in [-0.3, -0.25) is 14.2 Å². The van der Waals surface area contributed by atoms with E-state index in [4.69, 9.17) is 9.47 Å². The average Bonchev–Trinajstić information content (AvgIpc) is 3.33. The fraction of sp³-hybridized carbons (Fsp3) is 0.381. The molecule has 0 unspecified atom stereocenters. The summed E-state index contributed by atoms with van der Waals surface area (Å²) < 4.78 is 13.3. The van der Waals surface area contributed by atoms with E-state index in [1.165, 1.54) is 10.6 Å². The summed E-state index contributed by atoms with van der Waals surface area (Å²) in [5, 5.41) is 0. The molecule has 1 aromatic carbocycles. The van der Waals surface area contributed by atoms with E-state index in [1.807, 2.05) is 12.1 Å². The Kier molecular flexibility index (Phi) is 7.49. The van der Waals surface area contributed by atoms with Crippen molar-refractivity contribution in [3.8, 4) is 5.75 Å². The second-order valence-corrected chi connectivity index (χ2v) is 8.69. The standard InChI is InChI=1S/C21H23BrN2O5S/c1-3-29-20(26)12-19-24(13-18(25)23-8-4-5-9-23)21(27)17(30-19)11-14-10-15(22)6-7-16(14)28-2/h6-7,10-12H,3-5,8-9,13H2,1-2H3. The van der Waals surface area contributed by atoms with Crippen molar-refractivity contribution >= 4 is 51.3 Å². The third-order valence-corrected chi connectivity index (χ3v) is 6.25. The third kappa shape index (κ3) is 5.20. The molecule has 3 rings (SSSR count). The Bertz CT molecular complexity index is 1120. The van der Waals surface area contributed by atoms with Gasteiger partial charge in [-0.15, -0.1) is 11.3 Å². The number of likely N-dealkylation sites (tertiary alicyclic amines) is 1. The lowest BCUT2D eigenvalue weighted by molar-refractivity contribution is -0.135. The topological polar surface area (TPSA) is 77.8 Å². The first kappa shape index (κ1) is 22.3. The van der Waals surface area contributed by atoms with Crippen molar-refractivity contribution in [1.82, 2.24) is 9.47 Å². The number of aromatic nitrogens is 1. The lowest BCUT2D eigenvalue weighted by atomic mass is 10.2. The number of benzene rings is 1. The first-order valence-electron chi connectivity index (χ1n) is 9.64. The molecule has 0 radical (unpaired) electrons. The van der Waals surface area contributed by atoms with Crippen LogP contribution in [0.2, 0.25) is 0 Å². The second kappa shape index (κ2) is 10.1. The van der Waals surface area contributed by atoms with Gasteiger partial charge in [0.05, 0.1) is 24.3 Å². The predicted octanol–water partition coefficient (Wildman–Crippen LogP) is 1.48. The maximum absolute atomic E-state index is 13.1. The molecule has 1 aromatic heterocycles. The highest BCUT2D eigenvalue weighted by Gasteiger charge is 2.20. The van der Waals surface area contributed by atoms with Crippen molar-refractivity contribution in [1.29, 1.82) is 0 Å². The number of carbonyl (C=O) groups excluding carboxylic acids is 2. The van der Waals surface area contributed by atoms with Crippen LogP contribution in [0, 0.1) is 0 Å². The minimum Gasteiger partial charge on any atom is -0.496 e.